The minimum atomic E-state index is -4.79. The molecule has 0 unspecified atom stereocenters. The largest absolute Gasteiger partial charge is 0.573 e. The van der Waals surface area contributed by atoms with Gasteiger partial charge in [0.1, 0.15) is 5.75 Å². The molecule has 0 spiro atoms. The Morgan fingerprint density at radius 2 is 1.80 bits per heavy atom. The number of anilines is 1. The second-order valence-corrected chi connectivity index (χ2v) is 10.6. The van der Waals surface area contributed by atoms with E-state index in [1.54, 1.807) is 6.07 Å². The van der Waals surface area contributed by atoms with Crippen molar-refractivity contribution >= 4 is 21.9 Å². The van der Waals surface area contributed by atoms with Crippen molar-refractivity contribution < 1.29 is 31.1 Å². The maximum Gasteiger partial charge on any atom is 0.573 e. The highest BCUT2D eigenvalue weighted by atomic mass is 32.2. The van der Waals surface area contributed by atoms with Crippen LogP contribution in [-0.4, -0.2) is 65.9 Å². The van der Waals surface area contributed by atoms with E-state index in [1.807, 2.05) is 13.8 Å². The van der Waals surface area contributed by atoms with Gasteiger partial charge in [-0.3, -0.25) is 4.79 Å². The number of rotatable bonds is 7. The fourth-order valence-electron chi connectivity index (χ4n) is 3.57. The highest BCUT2D eigenvalue weighted by Gasteiger charge is 2.31. The van der Waals surface area contributed by atoms with E-state index in [1.165, 1.54) is 33.7 Å². The molecule has 1 amide bonds. The van der Waals surface area contributed by atoms with Gasteiger partial charge in [-0.15, -0.1) is 13.2 Å². The molecule has 0 saturated carbocycles. The average Bonchev–Trinajstić information content (AvgIpc) is 3.03. The second kappa shape index (κ2) is 10.8. The first kappa shape index (κ1) is 26.7. The Labute approximate surface area is 202 Å². The van der Waals surface area contributed by atoms with Crippen molar-refractivity contribution in [1.82, 2.24) is 19.2 Å². The molecule has 2 aromatic rings. The first-order valence-electron chi connectivity index (χ1n) is 11.0. The maximum atomic E-state index is 12.9. The number of alkyl halides is 3. The molecule has 35 heavy (non-hydrogen) atoms. The van der Waals surface area contributed by atoms with Crippen LogP contribution in [0.1, 0.15) is 54.1 Å². The lowest BCUT2D eigenvalue weighted by molar-refractivity contribution is -0.274. The third-order valence-corrected chi connectivity index (χ3v) is 6.64. The Morgan fingerprint density at radius 3 is 2.40 bits per heavy atom. The van der Waals surface area contributed by atoms with Crippen molar-refractivity contribution in [3.8, 4) is 5.75 Å². The third kappa shape index (κ3) is 7.79. The zero-order valence-electron chi connectivity index (χ0n) is 19.7. The second-order valence-electron chi connectivity index (χ2n) is 8.62. The van der Waals surface area contributed by atoms with Gasteiger partial charge >= 0.3 is 6.36 Å². The highest BCUT2D eigenvalue weighted by Crippen LogP contribution is 2.28. The molecular weight excluding hydrogens is 487 g/mol. The topological polar surface area (TPSA) is 105 Å². The van der Waals surface area contributed by atoms with Crippen LogP contribution in [0.15, 0.2) is 30.6 Å². The Balaban J connectivity index is 1.68. The zero-order valence-corrected chi connectivity index (χ0v) is 20.5. The van der Waals surface area contributed by atoms with Crippen molar-refractivity contribution in [2.45, 2.75) is 45.5 Å². The van der Waals surface area contributed by atoms with E-state index in [0.29, 0.717) is 37.1 Å². The number of nitrogens with zero attached hydrogens (tertiary/aromatic N) is 4. The third-order valence-electron chi connectivity index (χ3n) is 5.41. The summed E-state index contributed by atoms with van der Waals surface area (Å²) in [5, 5.41) is 2.93. The van der Waals surface area contributed by atoms with Crippen LogP contribution in [0.2, 0.25) is 0 Å². The SMILES string of the molecule is CC(C)c1cc(CNc2ncc(C(=O)N3CCCCN(S(C)(=O)=O)C3)cn2)cc(OC(F)(F)F)c1. The Hall–Kier alpha value is -2.93. The predicted octanol–water partition coefficient (Wildman–Crippen LogP) is 3.57. The fraction of sp³-hybridized carbons (Fsp3) is 0.500. The fourth-order valence-corrected chi connectivity index (χ4v) is 4.38. The van der Waals surface area contributed by atoms with E-state index >= 15 is 0 Å². The monoisotopic (exact) mass is 515 g/mol. The molecule has 9 nitrogen and oxygen atoms in total. The van der Waals surface area contributed by atoms with Crippen molar-refractivity contribution in [2.24, 2.45) is 0 Å². The van der Waals surface area contributed by atoms with Crippen LogP contribution in [0.4, 0.5) is 19.1 Å². The smallest absolute Gasteiger partial charge is 0.406 e. The van der Waals surface area contributed by atoms with Gasteiger partial charge in [0.2, 0.25) is 16.0 Å². The van der Waals surface area contributed by atoms with E-state index in [4.69, 9.17) is 0 Å². The summed E-state index contributed by atoms with van der Waals surface area (Å²) in [4.78, 5) is 22.6. The Morgan fingerprint density at radius 1 is 1.14 bits per heavy atom. The molecule has 192 valence electrons. The van der Waals surface area contributed by atoms with Gasteiger partial charge < -0.3 is 15.0 Å². The summed E-state index contributed by atoms with van der Waals surface area (Å²) in [6.07, 6.45) is 0.306. The van der Waals surface area contributed by atoms with Crippen molar-refractivity contribution in [1.29, 1.82) is 0 Å². The van der Waals surface area contributed by atoms with Crippen LogP contribution in [0.25, 0.3) is 0 Å². The molecule has 1 aromatic heterocycles. The van der Waals surface area contributed by atoms with E-state index in [2.05, 4.69) is 20.0 Å². The van der Waals surface area contributed by atoms with Gasteiger partial charge in [0.25, 0.3) is 5.91 Å². The number of ether oxygens (including phenoxy) is 1. The molecule has 0 aliphatic carbocycles. The van der Waals surface area contributed by atoms with Crippen LogP contribution in [-0.2, 0) is 16.6 Å². The number of aromatic nitrogens is 2. The number of carbonyl (C=O) groups excluding carboxylic acids is 1. The van der Waals surface area contributed by atoms with Crippen LogP contribution in [0.5, 0.6) is 5.75 Å². The van der Waals surface area contributed by atoms with E-state index in [9.17, 15) is 26.4 Å². The number of halogens is 3. The van der Waals surface area contributed by atoms with Gasteiger partial charge in [-0.05, 0) is 42.0 Å². The molecule has 13 heteroatoms. The van der Waals surface area contributed by atoms with Gasteiger partial charge in [-0.25, -0.2) is 18.4 Å². The molecule has 0 atom stereocenters. The lowest BCUT2D eigenvalue weighted by Crippen LogP contribution is -2.42. The number of hydrogen-bond donors (Lipinski definition) is 1. The normalized spacial score (nSPS) is 15.7. The molecule has 2 heterocycles. The van der Waals surface area contributed by atoms with Crippen LogP contribution < -0.4 is 10.1 Å². The van der Waals surface area contributed by atoms with Gasteiger partial charge in [-0.1, -0.05) is 19.9 Å². The molecule has 1 fully saturated rings. The van der Waals surface area contributed by atoms with Gasteiger partial charge in [0.05, 0.1) is 18.5 Å². The summed E-state index contributed by atoms with van der Waals surface area (Å²) < 4.78 is 67.2. The summed E-state index contributed by atoms with van der Waals surface area (Å²) in [6, 6.07) is 4.41. The lowest BCUT2D eigenvalue weighted by Gasteiger charge is -2.25. The van der Waals surface area contributed by atoms with E-state index in [-0.39, 0.29) is 42.3 Å². The highest BCUT2D eigenvalue weighted by molar-refractivity contribution is 7.88. The zero-order chi connectivity index (χ0) is 25.8. The Bertz CT molecular complexity index is 1140. The average molecular weight is 516 g/mol. The molecule has 1 N–H and O–H groups in total. The first-order valence-corrected chi connectivity index (χ1v) is 12.9. The summed E-state index contributed by atoms with van der Waals surface area (Å²) in [7, 11) is -3.43. The van der Waals surface area contributed by atoms with Crippen molar-refractivity contribution in [2.75, 3.05) is 31.3 Å². The number of nitrogens with one attached hydrogen (secondary N) is 1. The van der Waals surface area contributed by atoms with Gasteiger partial charge in [0, 0.05) is 32.0 Å². The number of sulfonamides is 1. The number of carbonyl (C=O) groups is 1. The van der Waals surface area contributed by atoms with Gasteiger partial charge in [-0.2, -0.15) is 4.31 Å². The van der Waals surface area contributed by atoms with E-state index < -0.39 is 16.4 Å². The molecule has 1 aliphatic rings. The molecule has 1 aromatic carbocycles. The van der Waals surface area contributed by atoms with Gasteiger partial charge in [0.15, 0.2) is 0 Å². The summed E-state index contributed by atoms with van der Waals surface area (Å²) in [6.45, 7) is 4.60. The maximum absolute atomic E-state index is 12.9. The summed E-state index contributed by atoms with van der Waals surface area (Å²) in [5.74, 6) is -0.512. The predicted molar refractivity (Wildman–Crippen MR) is 123 cm³/mol. The molecule has 3 rings (SSSR count). The van der Waals surface area contributed by atoms with Crippen LogP contribution in [0.3, 0.4) is 0 Å². The van der Waals surface area contributed by atoms with Crippen LogP contribution >= 0.6 is 0 Å². The van der Waals surface area contributed by atoms with Crippen molar-refractivity contribution in [3.05, 3.63) is 47.3 Å². The summed E-state index contributed by atoms with van der Waals surface area (Å²) >= 11 is 0. The molecule has 0 radical (unpaired) electrons. The standard InChI is InChI=1S/C22H28F3N5O4S/c1-15(2)17-8-16(9-19(10-17)34-22(23,24)25)11-26-21-27-12-18(13-28-21)20(31)29-6-4-5-7-30(14-29)35(3,32)33/h8-10,12-13,15H,4-7,11,14H2,1-3H3,(H,26,27,28). The quantitative estimate of drug-likeness (QED) is 0.601. The number of hydrogen-bond acceptors (Lipinski definition) is 7. The minimum Gasteiger partial charge on any atom is -0.406 e. The molecule has 1 saturated heterocycles. The van der Waals surface area contributed by atoms with E-state index in [0.717, 1.165) is 6.26 Å². The number of amides is 1. The molecular formula is C22H28F3N5O4S. The Kier molecular flexibility index (Phi) is 8.21. The van der Waals surface area contributed by atoms with Crippen molar-refractivity contribution in [3.63, 3.8) is 0 Å². The summed E-state index contributed by atoms with van der Waals surface area (Å²) in [5.41, 5.74) is 1.43. The molecule has 1 aliphatic heterocycles. The van der Waals surface area contributed by atoms with Crippen LogP contribution in [0, 0.1) is 0 Å². The molecule has 0 bridgehead atoms. The number of benzene rings is 1. The first-order chi connectivity index (χ1) is 16.3. The minimum absolute atomic E-state index is 0.00955. The lowest BCUT2D eigenvalue weighted by atomic mass is 10.0.